The van der Waals surface area contributed by atoms with Gasteiger partial charge in [0.1, 0.15) is 11.6 Å². The molecule has 0 heterocycles. The second-order valence-corrected chi connectivity index (χ2v) is 5.98. The lowest BCUT2D eigenvalue weighted by molar-refractivity contribution is 0.0995. The maximum Gasteiger partial charge on any atom is 0.126 e. The van der Waals surface area contributed by atoms with Crippen LogP contribution >= 0.6 is 0 Å². The zero-order chi connectivity index (χ0) is 14.6. The number of hydrogen-bond acceptors (Lipinski definition) is 2. The number of likely N-dealkylation sites (N-methyl/N-ethyl adjacent to an activating group) is 1. The molecule has 1 aromatic carbocycles. The van der Waals surface area contributed by atoms with E-state index in [2.05, 4.69) is 4.90 Å². The molecule has 0 amide bonds. The lowest BCUT2D eigenvalue weighted by Crippen LogP contribution is -2.51. The molecule has 20 heavy (non-hydrogen) atoms. The van der Waals surface area contributed by atoms with Crippen molar-refractivity contribution in [2.24, 2.45) is 5.73 Å². The largest absolute Gasteiger partial charge is 0.329 e. The second-order valence-electron chi connectivity index (χ2n) is 5.98. The van der Waals surface area contributed by atoms with Gasteiger partial charge in [-0.3, -0.25) is 4.90 Å². The lowest BCUT2D eigenvalue weighted by atomic mass is 9.88. The fourth-order valence-electron chi connectivity index (χ4n) is 3.27. The number of nitrogens with zero attached hydrogens (tertiary/aromatic N) is 1. The highest BCUT2D eigenvalue weighted by Crippen LogP contribution is 2.32. The molecular weight excluding hydrogens is 258 g/mol. The van der Waals surface area contributed by atoms with E-state index in [0.29, 0.717) is 18.7 Å². The Morgan fingerprint density at radius 3 is 2.10 bits per heavy atom. The van der Waals surface area contributed by atoms with Crippen LogP contribution in [0.2, 0.25) is 0 Å². The van der Waals surface area contributed by atoms with Gasteiger partial charge in [-0.05, 0) is 37.6 Å². The van der Waals surface area contributed by atoms with Crippen LogP contribution in [0, 0.1) is 11.6 Å². The van der Waals surface area contributed by atoms with Gasteiger partial charge in [0, 0.05) is 24.7 Å². The summed E-state index contributed by atoms with van der Waals surface area (Å²) in [4.78, 5) is 2.19. The van der Waals surface area contributed by atoms with Crippen LogP contribution in [0.5, 0.6) is 0 Å². The van der Waals surface area contributed by atoms with Crippen molar-refractivity contribution >= 4 is 0 Å². The summed E-state index contributed by atoms with van der Waals surface area (Å²) in [6.07, 6.45) is 7.00. The van der Waals surface area contributed by atoms with E-state index in [1.807, 2.05) is 7.05 Å². The summed E-state index contributed by atoms with van der Waals surface area (Å²) in [7, 11) is 2.01. The molecule has 1 fully saturated rings. The van der Waals surface area contributed by atoms with Gasteiger partial charge in [0.05, 0.1) is 0 Å². The standard InChI is InChI=1S/C16H24F2N2/c1-20(11-13-8-14(17)10-15(18)9-13)16(12-19)6-4-2-3-5-7-16/h8-10H,2-7,11-12,19H2,1H3. The Kier molecular flexibility index (Phi) is 5.11. The van der Waals surface area contributed by atoms with E-state index in [-0.39, 0.29) is 5.54 Å². The molecule has 1 aliphatic rings. The average molecular weight is 282 g/mol. The van der Waals surface area contributed by atoms with E-state index >= 15 is 0 Å². The predicted molar refractivity (Wildman–Crippen MR) is 77.3 cm³/mol. The van der Waals surface area contributed by atoms with Gasteiger partial charge in [0.2, 0.25) is 0 Å². The first-order chi connectivity index (χ1) is 9.55. The third kappa shape index (κ3) is 3.55. The number of benzene rings is 1. The fourth-order valence-corrected chi connectivity index (χ4v) is 3.27. The summed E-state index contributed by atoms with van der Waals surface area (Å²) in [5.74, 6) is -1.04. The van der Waals surface area contributed by atoms with E-state index < -0.39 is 11.6 Å². The molecule has 2 rings (SSSR count). The second kappa shape index (κ2) is 6.64. The lowest BCUT2D eigenvalue weighted by Gasteiger charge is -2.41. The molecular formula is C16H24F2N2. The van der Waals surface area contributed by atoms with E-state index in [9.17, 15) is 8.78 Å². The van der Waals surface area contributed by atoms with Crippen molar-refractivity contribution in [1.82, 2.24) is 4.90 Å². The predicted octanol–water partition coefficient (Wildman–Crippen LogP) is 3.45. The Bertz CT molecular complexity index is 420. The molecule has 0 bridgehead atoms. The Balaban J connectivity index is 2.13. The summed E-state index contributed by atoms with van der Waals surface area (Å²) >= 11 is 0. The molecule has 0 radical (unpaired) electrons. The molecule has 0 atom stereocenters. The maximum absolute atomic E-state index is 13.3. The zero-order valence-corrected chi connectivity index (χ0v) is 12.2. The molecule has 0 saturated heterocycles. The van der Waals surface area contributed by atoms with Crippen LogP contribution in [0.1, 0.15) is 44.1 Å². The van der Waals surface area contributed by atoms with Crippen molar-refractivity contribution in [1.29, 1.82) is 0 Å². The molecule has 1 aliphatic carbocycles. The fraction of sp³-hybridized carbons (Fsp3) is 0.625. The van der Waals surface area contributed by atoms with Gasteiger partial charge in [-0.1, -0.05) is 25.7 Å². The number of rotatable bonds is 4. The zero-order valence-electron chi connectivity index (χ0n) is 12.2. The van der Waals surface area contributed by atoms with Crippen molar-refractivity contribution in [3.8, 4) is 0 Å². The maximum atomic E-state index is 13.3. The molecule has 2 N–H and O–H groups in total. The van der Waals surface area contributed by atoms with Gasteiger partial charge < -0.3 is 5.73 Å². The molecule has 1 saturated carbocycles. The summed E-state index contributed by atoms with van der Waals surface area (Å²) < 4.78 is 26.6. The number of nitrogens with two attached hydrogens (primary N) is 1. The molecule has 0 aromatic heterocycles. The van der Waals surface area contributed by atoms with E-state index in [0.717, 1.165) is 18.9 Å². The topological polar surface area (TPSA) is 29.3 Å². The molecule has 0 spiro atoms. The summed E-state index contributed by atoms with van der Waals surface area (Å²) in [6, 6.07) is 3.72. The van der Waals surface area contributed by atoms with Gasteiger partial charge in [-0.15, -0.1) is 0 Å². The third-order valence-corrected chi connectivity index (χ3v) is 4.57. The van der Waals surface area contributed by atoms with Gasteiger partial charge in [-0.2, -0.15) is 0 Å². The normalized spacial score (nSPS) is 19.1. The first-order valence-corrected chi connectivity index (χ1v) is 7.42. The van der Waals surface area contributed by atoms with E-state index in [1.54, 1.807) is 0 Å². The first kappa shape index (κ1) is 15.4. The van der Waals surface area contributed by atoms with E-state index in [4.69, 9.17) is 5.73 Å². The first-order valence-electron chi connectivity index (χ1n) is 7.42. The van der Waals surface area contributed by atoms with Gasteiger partial charge >= 0.3 is 0 Å². The highest BCUT2D eigenvalue weighted by molar-refractivity contribution is 5.18. The van der Waals surface area contributed by atoms with E-state index in [1.165, 1.54) is 37.8 Å². The van der Waals surface area contributed by atoms with Crippen LogP contribution in [-0.2, 0) is 6.54 Å². The van der Waals surface area contributed by atoms with Crippen LogP contribution in [0.25, 0.3) is 0 Å². The molecule has 112 valence electrons. The van der Waals surface area contributed by atoms with Gasteiger partial charge in [0.25, 0.3) is 0 Å². The van der Waals surface area contributed by atoms with Crippen LogP contribution in [0.3, 0.4) is 0 Å². The van der Waals surface area contributed by atoms with Crippen molar-refractivity contribution in [3.05, 3.63) is 35.4 Å². The monoisotopic (exact) mass is 282 g/mol. The molecule has 0 unspecified atom stereocenters. The Labute approximate surface area is 120 Å². The SMILES string of the molecule is CN(Cc1cc(F)cc(F)c1)C1(CN)CCCCCC1. The summed E-state index contributed by atoms with van der Waals surface area (Å²) in [5, 5.41) is 0. The summed E-state index contributed by atoms with van der Waals surface area (Å²) in [5.41, 5.74) is 6.67. The molecule has 1 aromatic rings. The van der Waals surface area contributed by atoms with Crippen LogP contribution in [0.4, 0.5) is 8.78 Å². The third-order valence-electron chi connectivity index (χ3n) is 4.57. The minimum absolute atomic E-state index is 0.0285. The Morgan fingerprint density at radius 1 is 1.05 bits per heavy atom. The molecule has 0 aliphatic heterocycles. The smallest absolute Gasteiger partial charge is 0.126 e. The minimum atomic E-state index is -0.518. The molecule has 4 heteroatoms. The number of hydrogen-bond donors (Lipinski definition) is 1. The highest BCUT2D eigenvalue weighted by atomic mass is 19.1. The molecule has 2 nitrogen and oxygen atoms in total. The van der Waals surface area contributed by atoms with Gasteiger partial charge in [0.15, 0.2) is 0 Å². The van der Waals surface area contributed by atoms with Crippen LogP contribution in [-0.4, -0.2) is 24.0 Å². The van der Waals surface area contributed by atoms with Crippen LogP contribution in [0.15, 0.2) is 18.2 Å². The van der Waals surface area contributed by atoms with Crippen molar-refractivity contribution in [2.75, 3.05) is 13.6 Å². The number of halogens is 2. The Hall–Kier alpha value is -1.00. The summed E-state index contributed by atoms with van der Waals surface area (Å²) in [6.45, 7) is 1.13. The van der Waals surface area contributed by atoms with Crippen molar-refractivity contribution in [3.63, 3.8) is 0 Å². The Morgan fingerprint density at radius 2 is 1.60 bits per heavy atom. The van der Waals surface area contributed by atoms with Gasteiger partial charge in [-0.25, -0.2) is 8.78 Å². The minimum Gasteiger partial charge on any atom is -0.329 e. The average Bonchev–Trinajstić information content (AvgIpc) is 2.63. The van der Waals surface area contributed by atoms with Crippen molar-refractivity contribution in [2.45, 2.75) is 50.6 Å². The van der Waals surface area contributed by atoms with Crippen molar-refractivity contribution < 1.29 is 8.78 Å². The quantitative estimate of drug-likeness (QED) is 0.857. The van der Waals surface area contributed by atoms with Crippen LogP contribution < -0.4 is 5.73 Å². The highest BCUT2D eigenvalue weighted by Gasteiger charge is 2.33.